The Kier molecular flexibility index (Phi) is 9.18. The van der Waals surface area contributed by atoms with Crippen molar-refractivity contribution in [1.82, 2.24) is 5.32 Å². The summed E-state index contributed by atoms with van der Waals surface area (Å²) < 4.78 is 11.0. The van der Waals surface area contributed by atoms with Crippen molar-refractivity contribution in [2.75, 3.05) is 13.7 Å². The Balaban J connectivity index is 2.53. The van der Waals surface area contributed by atoms with E-state index in [9.17, 15) is 4.79 Å². The Bertz CT molecular complexity index is 462. The highest BCUT2D eigenvalue weighted by molar-refractivity contribution is 5.81. The maximum Gasteiger partial charge on any atom is 0.261 e. The molecule has 2 atom stereocenters. The van der Waals surface area contributed by atoms with Crippen LogP contribution >= 0.6 is 0 Å². The lowest BCUT2D eigenvalue weighted by Crippen LogP contribution is -2.40. The van der Waals surface area contributed by atoms with Crippen LogP contribution in [0, 0.1) is 5.92 Å². The molecule has 0 aliphatic heterocycles. The van der Waals surface area contributed by atoms with Gasteiger partial charge < -0.3 is 14.8 Å². The molecule has 0 spiro atoms. The Hall–Kier alpha value is -1.71. The fraction of sp³-hybridized carbons (Fsp3) is 0.632. The van der Waals surface area contributed by atoms with E-state index in [-0.39, 0.29) is 5.91 Å². The third-order valence-corrected chi connectivity index (χ3v) is 4.09. The number of nitrogens with one attached hydrogen (secondary N) is 1. The molecule has 1 aromatic rings. The molecule has 1 N–H and O–H groups in total. The van der Waals surface area contributed by atoms with Crippen LogP contribution in [0.2, 0.25) is 0 Å². The molecular formula is C19H31NO3. The molecule has 4 heteroatoms. The predicted octanol–water partition coefficient (Wildman–Crippen LogP) is 4.19. The van der Waals surface area contributed by atoms with Gasteiger partial charge in [0.2, 0.25) is 0 Å². The third-order valence-electron chi connectivity index (χ3n) is 4.09. The van der Waals surface area contributed by atoms with E-state index in [0.29, 0.717) is 18.1 Å². The summed E-state index contributed by atoms with van der Waals surface area (Å²) in [5.74, 6) is 1.89. The number of benzene rings is 1. The van der Waals surface area contributed by atoms with Crippen LogP contribution < -0.4 is 14.8 Å². The molecule has 1 rings (SSSR count). The van der Waals surface area contributed by atoms with E-state index in [2.05, 4.69) is 19.2 Å². The number of hydrogen-bond acceptors (Lipinski definition) is 3. The summed E-state index contributed by atoms with van der Waals surface area (Å²) in [5, 5.41) is 3.05. The van der Waals surface area contributed by atoms with E-state index in [1.165, 1.54) is 19.3 Å². The number of carbonyl (C=O) groups excluding carboxylic acids is 1. The van der Waals surface area contributed by atoms with E-state index in [0.717, 1.165) is 18.7 Å². The highest BCUT2D eigenvalue weighted by Gasteiger charge is 2.19. The molecule has 4 nitrogen and oxygen atoms in total. The van der Waals surface area contributed by atoms with Crippen molar-refractivity contribution in [3.63, 3.8) is 0 Å². The van der Waals surface area contributed by atoms with Gasteiger partial charge in [-0.25, -0.2) is 0 Å². The zero-order chi connectivity index (χ0) is 17.1. The lowest BCUT2D eigenvalue weighted by atomic mass is 9.99. The molecular weight excluding hydrogens is 290 g/mol. The monoisotopic (exact) mass is 321 g/mol. The minimum absolute atomic E-state index is 0.0368. The van der Waals surface area contributed by atoms with E-state index < -0.39 is 6.10 Å². The molecule has 0 aliphatic carbocycles. The highest BCUT2D eigenvalue weighted by atomic mass is 16.5. The molecule has 0 aromatic heterocycles. The zero-order valence-electron chi connectivity index (χ0n) is 14.9. The molecule has 1 amide bonds. The predicted molar refractivity (Wildman–Crippen MR) is 94.0 cm³/mol. The molecule has 0 bridgehead atoms. The summed E-state index contributed by atoms with van der Waals surface area (Å²) >= 11 is 0. The van der Waals surface area contributed by atoms with Gasteiger partial charge in [-0.1, -0.05) is 46.1 Å². The SMILES string of the molecule is CCCC[C@H](CC)CNC(=O)[C@@H](CC)Oc1cccc(OC)c1. The van der Waals surface area contributed by atoms with Gasteiger partial charge in [0.1, 0.15) is 11.5 Å². The molecule has 0 saturated carbocycles. The van der Waals surface area contributed by atoms with Crippen LogP contribution in [0.4, 0.5) is 0 Å². The van der Waals surface area contributed by atoms with Crippen LogP contribution in [0.5, 0.6) is 11.5 Å². The van der Waals surface area contributed by atoms with Crippen molar-refractivity contribution in [3.05, 3.63) is 24.3 Å². The second kappa shape index (κ2) is 10.9. The van der Waals surface area contributed by atoms with Crippen LogP contribution in [0.15, 0.2) is 24.3 Å². The Morgan fingerprint density at radius 3 is 2.52 bits per heavy atom. The second-order valence-corrected chi connectivity index (χ2v) is 5.86. The van der Waals surface area contributed by atoms with Crippen LogP contribution in [-0.4, -0.2) is 25.7 Å². The lowest BCUT2D eigenvalue weighted by molar-refractivity contribution is -0.128. The van der Waals surface area contributed by atoms with Gasteiger partial charge in [0.25, 0.3) is 5.91 Å². The maximum absolute atomic E-state index is 12.4. The first-order valence-electron chi connectivity index (χ1n) is 8.72. The lowest BCUT2D eigenvalue weighted by Gasteiger charge is -2.20. The molecule has 0 saturated heterocycles. The molecule has 0 heterocycles. The average molecular weight is 321 g/mol. The first kappa shape index (κ1) is 19.3. The fourth-order valence-electron chi connectivity index (χ4n) is 2.46. The van der Waals surface area contributed by atoms with Gasteiger partial charge in [0.15, 0.2) is 6.10 Å². The van der Waals surface area contributed by atoms with Crippen molar-refractivity contribution in [3.8, 4) is 11.5 Å². The van der Waals surface area contributed by atoms with Crippen LogP contribution in [-0.2, 0) is 4.79 Å². The summed E-state index contributed by atoms with van der Waals surface area (Å²) in [6, 6.07) is 7.35. The average Bonchev–Trinajstić information content (AvgIpc) is 2.59. The largest absolute Gasteiger partial charge is 0.497 e. The van der Waals surface area contributed by atoms with Crippen molar-refractivity contribution in [2.24, 2.45) is 5.92 Å². The fourth-order valence-corrected chi connectivity index (χ4v) is 2.46. The topological polar surface area (TPSA) is 47.6 Å². The minimum Gasteiger partial charge on any atom is -0.497 e. The van der Waals surface area contributed by atoms with E-state index in [4.69, 9.17) is 9.47 Å². The molecule has 23 heavy (non-hydrogen) atoms. The smallest absolute Gasteiger partial charge is 0.261 e. The quantitative estimate of drug-likeness (QED) is 0.665. The minimum atomic E-state index is -0.467. The summed E-state index contributed by atoms with van der Waals surface area (Å²) in [4.78, 5) is 12.4. The van der Waals surface area contributed by atoms with Crippen molar-refractivity contribution >= 4 is 5.91 Å². The zero-order valence-corrected chi connectivity index (χ0v) is 14.9. The Morgan fingerprint density at radius 2 is 1.91 bits per heavy atom. The summed E-state index contributed by atoms with van der Waals surface area (Å²) in [7, 11) is 1.62. The summed E-state index contributed by atoms with van der Waals surface area (Å²) in [6.45, 7) is 7.06. The van der Waals surface area contributed by atoms with Crippen LogP contribution in [0.25, 0.3) is 0 Å². The van der Waals surface area contributed by atoms with E-state index in [1.807, 2.05) is 25.1 Å². The first-order valence-corrected chi connectivity index (χ1v) is 8.72. The molecule has 1 aromatic carbocycles. The summed E-state index contributed by atoms with van der Waals surface area (Å²) in [6.07, 6.45) is 4.84. The van der Waals surface area contributed by atoms with Gasteiger partial charge in [-0.05, 0) is 30.9 Å². The molecule has 0 aliphatic rings. The van der Waals surface area contributed by atoms with Crippen molar-refractivity contribution in [2.45, 2.75) is 59.0 Å². The number of amides is 1. The normalized spacial score (nSPS) is 13.2. The van der Waals surface area contributed by atoms with Gasteiger partial charge in [-0.2, -0.15) is 0 Å². The van der Waals surface area contributed by atoms with Crippen molar-refractivity contribution < 1.29 is 14.3 Å². The van der Waals surface area contributed by atoms with Crippen LogP contribution in [0.1, 0.15) is 52.9 Å². The molecule has 130 valence electrons. The van der Waals surface area contributed by atoms with Gasteiger partial charge in [0.05, 0.1) is 7.11 Å². The maximum atomic E-state index is 12.4. The van der Waals surface area contributed by atoms with Gasteiger partial charge in [0, 0.05) is 12.6 Å². The molecule has 0 radical (unpaired) electrons. The van der Waals surface area contributed by atoms with Crippen molar-refractivity contribution in [1.29, 1.82) is 0 Å². The van der Waals surface area contributed by atoms with Crippen LogP contribution in [0.3, 0.4) is 0 Å². The number of methoxy groups -OCH3 is 1. The Morgan fingerprint density at radius 1 is 1.17 bits per heavy atom. The van der Waals surface area contributed by atoms with Gasteiger partial charge in [-0.15, -0.1) is 0 Å². The van der Waals surface area contributed by atoms with Gasteiger partial charge in [-0.3, -0.25) is 4.79 Å². The number of carbonyl (C=O) groups is 1. The van der Waals surface area contributed by atoms with E-state index >= 15 is 0 Å². The third kappa shape index (κ3) is 6.93. The van der Waals surface area contributed by atoms with Gasteiger partial charge >= 0.3 is 0 Å². The second-order valence-electron chi connectivity index (χ2n) is 5.86. The molecule has 0 unspecified atom stereocenters. The summed E-state index contributed by atoms with van der Waals surface area (Å²) in [5.41, 5.74) is 0. The highest BCUT2D eigenvalue weighted by Crippen LogP contribution is 2.20. The number of ether oxygens (including phenoxy) is 2. The standard InChI is InChI=1S/C19H31NO3/c1-5-8-10-15(6-2)14-20-19(21)18(7-3)23-17-12-9-11-16(13-17)22-4/h9,11-13,15,18H,5-8,10,14H2,1-4H3,(H,20,21)/t15-,18+/m0/s1. The number of hydrogen-bond donors (Lipinski definition) is 1. The van der Waals surface area contributed by atoms with E-state index in [1.54, 1.807) is 13.2 Å². The number of rotatable bonds is 11. The Labute approximate surface area is 140 Å². The first-order chi connectivity index (χ1) is 11.1. The number of unbranched alkanes of at least 4 members (excludes halogenated alkanes) is 1. The molecule has 0 fully saturated rings.